The Morgan fingerprint density at radius 3 is 2.57 bits per heavy atom. The van der Waals surface area contributed by atoms with Gasteiger partial charge < -0.3 is 14.4 Å². The predicted molar refractivity (Wildman–Crippen MR) is 54.9 cm³/mol. The average molecular weight is 197 g/mol. The molecule has 1 fully saturated rings. The number of allylic oxidation sites excluding steroid dienone is 2. The van der Waals surface area contributed by atoms with Crippen LogP contribution in [0.3, 0.4) is 0 Å². The van der Waals surface area contributed by atoms with Gasteiger partial charge in [0.05, 0.1) is 26.0 Å². The summed E-state index contributed by atoms with van der Waals surface area (Å²) in [5, 5.41) is 0. The van der Waals surface area contributed by atoms with Crippen molar-refractivity contribution < 1.29 is 9.47 Å². The van der Waals surface area contributed by atoms with Crippen LogP contribution >= 0.6 is 0 Å². The average Bonchev–Trinajstić information content (AvgIpc) is 2.30. The van der Waals surface area contributed by atoms with Gasteiger partial charge in [-0.05, 0) is 19.3 Å². The molecule has 1 heterocycles. The van der Waals surface area contributed by atoms with Crippen molar-refractivity contribution in [2.24, 2.45) is 0 Å². The highest BCUT2D eigenvalue weighted by Gasteiger charge is 2.20. The summed E-state index contributed by atoms with van der Waals surface area (Å²) in [7, 11) is 1.79. The van der Waals surface area contributed by atoms with Gasteiger partial charge in [-0.2, -0.15) is 0 Å². The first-order valence-corrected chi connectivity index (χ1v) is 5.50. The Labute approximate surface area is 85.7 Å². The zero-order chi connectivity index (χ0) is 9.80. The summed E-state index contributed by atoms with van der Waals surface area (Å²) in [6.07, 6.45) is 4.88. The van der Waals surface area contributed by atoms with Crippen molar-refractivity contribution >= 4 is 0 Å². The van der Waals surface area contributed by atoms with Crippen LogP contribution in [0.4, 0.5) is 0 Å². The molecular formula is C11H19NO2. The van der Waals surface area contributed by atoms with Crippen molar-refractivity contribution in [2.45, 2.75) is 25.7 Å². The predicted octanol–water partition coefficient (Wildman–Crippen LogP) is 1.75. The lowest BCUT2D eigenvalue weighted by Crippen LogP contribution is -2.37. The standard InChI is InChI=1S/C11H19NO2/c1-13-11-5-3-2-4-10(11)12-6-8-14-9-7-12/h2-9H2,1H3. The lowest BCUT2D eigenvalue weighted by atomic mass is 10.0. The minimum Gasteiger partial charge on any atom is -0.499 e. The van der Waals surface area contributed by atoms with E-state index in [1.807, 2.05) is 0 Å². The summed E-state index contributed by atoms with van der Waals surface area (Å²) in [4.78, 5) is 2.43. The number of nitrogens with zero attached hydrogens (tertiary/aromatic N) is 1. The van der Waals surface area contributed by atoms with Gasteiger partial charge in [0.2, 0.25) is 0 Å². The van der Waals surface area contributed by atoms with E-state index in [1.165, 1.54) is 30.7 Å². The maximum absolute atomic E-state index is 5.45. The Bertz CT molecular complexity index is 219. The second-order valence-corrected chi connectivity index (χ2v) is 3.88. The summed E-state index contributed by atoms with van der Waals surface area (Å²) >= 11 is 0. The molecule has 2 rings (SSSR count). The highest BCUT2D eigenvalue weighted by Crippen LogP contribution is 2.28. The second-order valence-electron chi connectivity index (χ2n) is 3.88. The molecule has 0 spiro atoms. The molecular weight excluding hydrogens is 178 g/mol. The molecule has 0 saturated carbocycles. The summed E-state index contributed by atoms with van der Waals surface area (Å²) in [5.41, 5.74) is 1.43. The van der Waals surface area contributed by atoms with Crippen molar-refractivity contribution in [3.63, 3.8) is 0 Å². The van der Waals surface area contributed by atoms with E-state index in [2.05, 4.69) is 4.90 Å². The molecule has 0 N–H and O–H groups in total. The van der Waals surface area contributed by atoms with E-state index in [-0.39, 0.29) is 0 Å². The van der Waals surface area contributed by atoms with Gasteiger partial charge in [0.25, 0.3) is 0 Å². The molecule has 1 aliphatic carbocycles. The minimum atomic E-state index is 0.862. The number of ether oxygens (including phenoxy) is 2. The SMILES string of the molecule is COC1=C(N2CCOCC2)CCCC1. The maximum atomic E-state index is 5.45. The molecule has 2 aliphatic rings. The largest absolute Gasteiger partial charge is 0.499 e. The molecule has 80 valence electrons. The molecule has 0 aromatic heterocycles. The van der Waals surface area contributed by atoms with Crippen molar-refractivity contribution in [3.8, 4) is 0 Å². The number of morpholine rings is 1. The molecule has 1 aliphatic heterocycles. The van der Waals surface area contributed by atoms with Gasteiger partial charge in [-0.3, -0.25) is 0 Å². The van der Waals surface area contributed by atoms with Gasteiger partial charge in [0, 0.05) is 19.5 Å². The number of methoxy groups -OCH3 is 1. The van der Waals surface area contributed by atoms with E-state index >= 15 is 0 Å². The Kier molecular flexibility index (Phi) is 3.30. The monoisotopic (exact) mass is 197 g/mol. The lowest BCUT2D eigenvalue weighted by Gasteiger charge is -2.34. The Hall–Kier alpha value is -0.700. The maximum Gasteiger partial charge on any atom is 0.115 e. The van der Waals surface area contributed by atoms with Gasteiger partial charge in [-0.25, -0.2) is 0 Å². The molecule has 0 unspecified atom stereocenters. The summed E-state index contributed by atoms with van der Waals surface area (Å²) in [6.45, 7) is 3.78. The highest BCUT2D eigenvalue weighted by atomic mass is 16.5. The topological polar surface area (TPSA) is 21.7 Å². The summed E-state index contributed by atoms with van der Waals surface area (Å²) < 4.78 is 10.8. The Morgan fingerprint density at radius 2 is 1.86 bits per heavy atom. The minimum absolute atomic E-state index is 0.862. The van der Waals surface area contributed by atoms with E-state index < -0.39 is 0 Å². The highest BCUT2D eigenvalue weighted by molar-refractivity contribution is 5.11. The Morgan fingerprint density at radius 1 is 1.14 bits per heavy atom. The zero-order valence-corrected chi connectivity index (χ0v) is 8.92. The fourth-order valence-electron chi connectivity index (χ4n) is 2.25. The molecule has 3 heteroatoms. The van der Waals surface area contributed by atoms with Gasteiger partial charge in [0.1, 0.15) is 5.76 Å². The van der Waals surface area contributed by atoms with E-state index in [4.69, 9.17) is 9.47 Å². The first-order chi connectivity index (χ1) is 6.92. The summed E-state index contributed by atoms with van der Waals surface area (Å²) in [5.74, 6) is 1.21. The number of hydrogen-bond donors (Lipinski definition) is 0. The third-order valence-corrected chi connectivity index (χ3v) is 3.03. The lowest BCUT2D eigenvalue weighted by molar-refractivity contribution is 0.0472. The van der Waals surface area contributed by atoms with Crippen LogP contribution < -0.4 is 0 Å². The molecule has 0 amide bonds. The van der Waals surface area contributed by atoms with E-state index in [1.54, 1.807) is 7.11 Å². The zero-order valence-electron chi connectivity index (χ0n) is 8.92. The van der Waals surface area contributed by atoms with E-state index in [0.717, 1.165) is 32.7 Å². The smallest absolute Gasteiger partial charge is 0.115 e. The number of hydrogen-bond acceptors (Lipinski definition) is 3. The molecule has 3 nitrogen and oxygen atoms in total. The van der Waals surface area contributed by atoms with E-state index in [0.29, 0.717) is 0 Å². The molecule has 0 radical (unpaired) electrons. The van der Waals surface area contributed by atoms with Crippen molar-refractivity contribution in [1.29, 1.82) is 0 Å². The Balaban J connectivity index is 2.07. The van der Waals surface area contributed by atoms with Crippen molar-refractivity contribution in [2.75, 3.05) is 33.4 Å². The van der Waals surface area contributed by atoms with Crippen LogP contribution in [0.25, 0.3) is 0 Å². The van der Waals surface area contributed by atoms with Crippen molar-refractivity contribution in [1.82, 2.24) is 4.90 Å². The van der Waals surface area contributed by atoms with E-state index in [9.17, 15) is 0 Å². The van der Waals surface area contributed by atoms with Crippen LogP contribution in [-0.2, 0) is 9.47 Å². The molecule has 0 aromatic carbocycles. The molecule has 0 aromatic rings. The van der Waals surface area contributed by atoms with Gasteiger partial charge in [-0.15, -0.1) is 0 Å². The first kappa shape index (κ1) is 9.84. The third-order valence-electron chi connectivity index (χ3n) is 3.03. The molecule has 0 atom stereocenters. The third kappa shape index (κ3) is 2.03. The van der Waals surface area contributed by atoms with Crippen molar-refractivity contribution in [3.05, 3.63) is 11.5 Å². The molecule has 1 saturated heterocycles. The first-order valence-electron chi connectivity index (χ1n) is 5.50. The van der Waals surface area contributed by atoms with Gasteiger partial charge in [0.15, 0.2) is 0 Å². The van der Waals surface area contributed by atoms with Crippen LogP contribution in [0.5, 0.6) is 0 Å². The second kappa shape index (κ2) is 4.69. The van der Waals surface area contributed by atoms with Crippen LogP contribution in [0.2, 0.25) is 0 Å². The normalized spacial score (nSPS) is 23.9. The van der Waals surface area contributed by atoms with Crippen LogP contribution in [-0.4, -0.2) is 38.3 Å². The molecule has 14 heavy (non-hydrogen) atoms. The van der Waals surface area contributed by atoms with Crippen LogP contribution in [0.1, 0.15) is 25.7 Å². The van der Waals surface area contributed by atoms with Gasteiger partial charge >= 0.3 is 0 Å². The van der Waals surface area contributed by atoms with Crippen LogP contribution in [0.15, 0.2) is 11.5 Å². The molecule has 0 bridgehead atoms. The van der Waals surface area contributed by atoms with Crippen LogP contribution in [0, 0.1) is 0 Å². The fourth-order valence-corrected chi connectivity index (χ4v) is 2.25. The fraction of sp³-hybridized carbons (Fsp3) is 0.818. The summed E-state index contributed by atoms with van der Waals surface area (Å²) in [6, 6.07) is 0. The quantitative estimate of drug-likeness (QED) is 0.673. The number of rotatable bonds is 2. The van der Waals surface area contributed by atoms with Gasteiger partial charge in [-0.1, -0.05) is 0 Å².